The Hall–Kier alpha value is 0.480. The summed E-state index contributed by atoms with van der Waals surface area (Å²) in [6, 6.07) is 0. The Morgan fingerprint density at radius 2 is 1.75 bits per heavy atom. The van der Waals surface area contributed by atoms with Gasteiger partial charge in [0.25, 0.3) is 0 Å². The van der Waals surface area contributed by atoms with Crippen LogP contribution in [-0.4, -0.2) is 0 Å². The molecule has 1 rings (SSSR count). The minimum atomic E-state index is 0. The number of rotatable bonds is 5. The van der Waals surface area contributed by atoms with Gasteiger partial charge in [0, 0.05) is 0 Å². The van der Waals surface area contributed by atoms with Crippen molar-refractivity contribution in [1.29, 1.82) is 0 Å². The second kappa shape index (κ2) is 8.10. The van der Waals surface area contributed by atoms with Crippen molar-refractivity contribution in [2.75, 3.05) is 0 Å². The summed E-state index contributed by atoms with van der Waals surface area (Å²) >= 11 is 0. The van der Waals surface area contributed by atoms with Crippen molar-refractivity contribution in [1.82, 2.24) is 0 Å². The average Bonchev–Trinajstić information content (AvgIpc) is 2.50. The van der Waals surface area contributed by atoms with Crippen LogP contribution in [0, 0.1) is 5.92 Å². The predicted molar refractivity (Wildman–Crippen MR) is 51.6 cm³/mol. The van der Waals surface area contributed by atoms with Crippen LogP contribution in [0.25, 0.3) is 0 Å². The molecular formula is C11H19Na. The Balaban J connectivity index is 0. The number of hydrogen-bond acceptors (Lipinski definition) is 0. The predicted octanol–water partition coefficient (Wildman–Crippen LogP) is 0.816. The van der Waals surface area contributed by atoms with Crippen molar-refractivity contribution in [3.05, 3.63) is 24.3 Å². The third-order valence-electron chi connectivity index (χ3n) is 2.22. The van der Waals surface area contributed by atoms with E-state index < -0.39 is 0 Å². The molecule has 0 aromatic rings. The van der Waals surface area contributed by atoms with Gasteiger partial charge in [-0.2, -0.15) is 0 Å². The fourth-order valence-electron chi connectivity index (χ4n) is 1.48. The van der Waals surface area contributed by atoms with Gasteiger partial charge in [-0.25, -0.2) is 0 Å². The molecule has 0 amide bonds. The van der Waals surface area contributed by atoms with Gasteiger partial charge in [0.1, 0.15) is 0 Å². The molecular weight excluding hydrogens is 155 g/mol. The van der Waals surface area contributed by atoms with E-state index in [1.807, 2.05) is 0 Å². The number of hydrogen-bond donors (Lipinski definition) is 0. The average molecular weight is 174 g/mol. The minimum Gasteiger partial charge on any atom is -1.00 e. The summed E-state index contributed by atoms with van der Waals surface area (Å²) in [6.07, 6.45) is 15.8. The molecule has 0 radical (unpaired) electrons. The van der Waals surface area contributed by atoms with Crippen molar-refractivity contribution in [2.24, 2.45) is 5.92 Å². The summed E-state index contributed by atoms with van der Waals surface area (Å²) in [7, 11) is 0. The zero-order valence-electron chi connectivity index (χ0n) is 9.42. The minimum absolute atomic E-state index is 0. The molecule has 1 aliphatic carbocycles. The number of unbranched alkanes of at least 4 members (excludes halogenated alkanes) is 3. The zero-order chi connectivity index (χ0) is 7.94. The van der Waals surface area contributed by atoms with E-state index in [-0.39, 0.29) is 31.0 Å². The molecule has 0 aliphatic heterocycles. The molecule has 1 aliphatic rings. The molecule has 0 saturated carbocycles. The van der Waals surface area contributed by atoms with E-state index in [0.717, 1.165) is 5.92 Å². The van der Waals surface area contributed by atoms with Crippen molar-refractivity contribution in [3.63, 3.8) is 0 Å². The summed E-state index contributed by atoms with van der Waals surface area (Å²) in [6.45, 7) is 2.26. The fourth-order valence-corrected chi connectivity index (χ4v) is 1.48. The van der Waals surface area contributed by atoms with Crippen molar-refractivity contribution in [2.45, 2.75) is 39.0 Å². The maximum atomic E-state index is 2.30. The Morgan fingerprint density at radius 3 is 2.33 bits per heavy atom. The Morgan fingerprint density at radius 1 is 1.08 bits per heavy atom. The molecule has 0 aromatic carbocycles. The van der Waals surface area contributed by atoms with E-state index in [9.17, 15) is 0 Å². The molecule has 0 aromatic heterocycles. The Kier molecular flexibility index (Phi) is 8.42. The third-order valence-corrected chi connectivity index (χ3v) is 2.22. The van der Waals surface area contributed by atoms with E-state index in [1.54, 1.807) is 0 Å². The zero-order valence-corrected chi connectivity index (χ0v) is 10.4. The molecule has 0 nitrogen and oxygen atoms in total. The summed E-state index contributed by atoms with van der Waals surface area (Å²) < 4.78 is 0. The van der Waals surface area contributed by atoms with Gasteiger partial charge in [0.15, 0.2) is 0 Å². The molecule has 0 bridgehead atoms. The van der Waals surface area contributed by atoms with Crippen molar-refractivity contribution in [3.8, 4) is 0 Å². The molecule has 1 heteroatoms. The molecule has 0 heterocycles. The summed E-state index contributed by atoms with van der Waals surface area (Å²) in [5, 5.41) is 0. The maximum absolute atomic E-state index is 2.30. The molecule has 0 unspecified atom stereocenters. The van der Waals surface area contributed by atoms with E-state index in [0.29, 0.717) is 0 Å². The maximum Gasteiger partial charge on any atom is 1.00 e. The topological polar surface area (TPSA) is 0 Å². The standard InChI is InChI=1S/C11H18.Na.H/c1-2-3-4-5-8-11-9-6-7-10-11;;/h6-7,9-11H,2-5,8H2,1H3;;/q;+1;-1. The van der Waals surface area contributed by atoms with Crippen LogP contribution in [0.4, 0.5) is 0 Å². The van der Waals surface area contributed by atoms with Crippen LogP contribution in [0.15, 0.2) is 24.3 Å². The smallest absolute Gasteiger partial charge is 1.00 e. The first kappa shape index (κ1) is 12.5. The number of allylic oxidation sites excluding steroid dienone is 4. The molecule has 12 heavy (non-hydrogen) atoms. The van der Waals surface area contributed by atoms with Gasteiger partial charge >= 0.3 is 29.6 Å². The first-order valence-electron chi connectivity index (χ1n) is 4.78. The van der Waals surface area contributed by atoms with Crippen LogP contribution in [0.1, 0.15) is 40.5 Å². The summed E-state index contributed by atoms with van der Waals surface area (Å²) in [4.78, 5) is 0. The van der Waals surface area contributed by atoms with E-state index in [1.165, 1.54) is 32.1 Å². The van der Waals surface area contributed by atoms with Gasteiger partial charge in [-0.1, -0.05) is 56.9 Å². The normalized spacial score (nSPS) is 15.1. The molecule has 64 valence electrons. The van der Waals surface area contributed by atoms with Crippen LogP contribution < -0.4 is 29.6 Å². The first-order chi connectivity index (χ1) is 5.43. The first-order valence-corrected chi connectivity index (χ1v) is 4.78. The van der Waals surface area contributed by atoms with E-state index in [4.69, 9.17) is 0 Å². The van der Waals surface area contributed by atoms with Crippen LogP contribution in [0.5, 0.6) is 0 Å². The second-order valence-electron chi connectivity index (χ2n) is 3.28. The molecule has 0 fully saturated rings. The Bertz CT molecular complexity index is 140. The van der Waals surface area contributed by atoms with E-state index in [2.05, 4.69) is 31.2 Å². The van der Waals surface area contributed by atoms with E-state index >= 15 is 0 Å². The molecule has 0 atom stereocenters. The van der Waals surface area contributed by atoms with Crippen LogP contribution in [0.3, 0.4) is 0 Å². The van der Waals surface area contributed by atoms with Gasteiger partial charge in [-0.15, -0.1) is 0 Å². The van der Waals surface area contributed by atoms with Crippen molar-refractivity contribution >= 4 is 0 Å². The fraction of sp³-hybridized carbons (Fsp3) is 0.636. The van der Waals surface area contributed by atoms with Crippen molar-refractivity contribution < 1.29 is 31.0 Å². The third kappa shape index (κ3) is 5.18. The summed E-state index contributed by atoms with van der Waals surface area (Å²) in [5.74, 6) is 0.756. The van der Waals surface area contributed by atoms with Crippen LogP contribution in [0.2, 0.25) is 0 Å². The van der Waals surface area contributed by atoms with Gasteiger partial charge in [0.2, 0.25) is 0 Å². The van der Waals surface area contributed by atoms with Gasteiger partial charge in [-0.3, -0.25) is 0 Å². The van der Waals surface area contributed by atoms with Crippen LogP contribution >= 0.6 is 0 Å². The van der Waals surface area contributed by atoms with Gasteiger partial charge in [0.05, 0.1) is 0 Å². The Labute approximate surface area is 99.9 Å². The summed E-state index contributed by atoms with van der Waals surface area (Å²) in [5.41, 5.74) is 0. The quantitative estimate of drug-likeness (QED) is 0.427. The van der Waals surface area contributed by atoms with Gasteiger partial charge in [-0.05, 0) is 12.3 Å². The largest absolute Gasteiger partial charge is 1.00 e. The molecule has 0 spiro atoms. The monoisotopic (exact) mass is 174 g/mol. The molecule has 0 N–H and O–H groups in total. The second-order valence-corrected chi connectivity index (χ2v) is 3.28. The van der Waals surface area contributed by atoms with Crippen LogP contribution in [-0.2, 0) is 0 Å². The SMILES string of the molecule is CCCCCCC1C=CC=C1.[H-].[Na+]. The van der Waals surface area contributed by atoms with Gasteiger partial charge < -0.3 is 1.43 Å². The molecule has 0 saturated heterocycles.